The quantitative estimate of drug-likeness (QED) is 0.786. The minimum absolute atomic E-state index is 0.474. The third-order valence-electron chi connectivity index (χ3n) is 3.29. The summed E-state index contributed by atoms with van der Waals surface area (Å²) in [5.74, 6) is -1.66. The van der Waals surface area contributed by atoms with Gasteiger partial charge in [-0.2, -0.15) is 13.2 Å². The highest BCUT2D eigenvalue weighted by Gasteiger charge is 2.37. The molecular weight excluding hydrogens is 235 g/mol. The van der Waals surface area contributed by atoms with Crippen LogP contribution in [0.4, 0.5) is 13.2 Å². The van der Waals surface area contributed by atoms with E-state index in [1.54, 1.807) is 0 Å². The highest BCUT2D eigenvalue weighted by atomic mass is 19.4. The monoisotopic (exact) mass is 253 g/mol. The van der Waals surface area contributed by atoms with Crippen LogP contribution in [-0.2, 0) is 4.79 Å². The smallest absolute Gasteiger partial charge is 0.401 e. The second-order valence-electron chi connectivity index (χ2n) is 4.68. The first-order chi connectivity index (χ1) is 7.81. The zero-order valence-electron chi connectivity index (χ0n) is 9.83. The first-order valence-corrected chi connectivity index (χ1v) is 5.81. The summed E-state index contributed by atoms with van der Waals surface area (Å²) in [5, 5.41) is 9.07. The van der Waals surface area contributed by atoms with Gasteiger partial charge in [0.2, 0.25) is 0 Å². The second kappa shape index (κ2) is 5.71. The van der Waals surface area contributed by atoms with Gasteiger partial charge in [-0.3, -0.25) is 9.69 Å². The predicted octanol–water partition coefficient (Wildman–Crippen LogP) is 2.51. The summed E-state index contributed by atoms with van der Waals surface area (Å²) in [6.45, 7) is -1.04. The fourth-order valence-corrected chi connectivity index (χ4v) is 2.50. The van der Waals surface area contributed by atoms with Crippen LogP contribution in [0.5, 0.6) is 0 Å². The molecule has 2 atom stereocenters. The van der Waals surface area contributed by atoms with Gasteiger partial charge in [0.1, 0.15) is 0 Å². The Bertz CT molecular complexity index is 268. The van der Waals surface area contributed by atoms with Gasteiger partial charge in [-0.15, -0.1) is 0 Å². The number of carboxylic acid groups (broad SMARTS) is 1. The number of hydrogen-bond acceptors (Lipinski definition) is 2. The van der Waals surface area contributed by atoms with Crippen molar-refractivity contribution in [2.45, 2.75) is 44.3 Å². The van der Waals surface area contributed by atoms with Crippen molar-refractivity contribution in [1.82, 2.24) is 4.90 Å². The lowest BCUT2D eigenvalue weighted by Gasteiger charge is -2.31. The fourth-order valence-electron chi connectivity index (χ4n) is 2.50. The average Bonchev–Trinajstić information content (AvgIpc) is 2.39. The Morgan fingerprint density at radius 1 is 1.29 bits per heavy atom. The van der Waals surface area contributed by atoms with Gasteiger partial charge in [0.05, 0.1) is 12.5 Å². The van der Waals surface area contributed by atoms with E-state index in [1.165, 1.54) is 7.05 Å². The summed E-state index contributed by atoms with van der Waals surface area (Å²) in [4.78, 5) is 12.2. The lowest BCUT2D eigenvalue weighted by molar-refractivity contribution is -0.157. The number of carbonyl (C=O) groups is 1. The lowest BCUT2D eigenvalue weighted by Crippen LogP contribution is -2.45. The van der Waals surface area contributed by atoms with Crippen molar-refractivity contribution in [2.24, 2.45) is 5.92 Å². The standard InChI is InChI=1S/C11H18F3NO2/c1-15(7-11(12,13)14)9-6-4-2-3-5-8(9)10(16)17/h8-9H,2-7H2,1H3,(H,16,17). The summed E-state index contributed by atoms with van der Waals surface area (Å²) in [6, 6.07) is -0.503. The van der Waals surface area contributed by atoms with E-state index in [9.17, 15) is 18.0 Å². The van der Waals surface area contributed by atoms with Crippen molar-refractivity contribution in [3.8, 4) is 0 Å². The fraction of sp³-hybridized carbons (Fsp3) is 0.909. The number of rotatable bonds is 3. The Morgan fingerprint density at radius 3 is 2.41 bits per heavy atom. The van der Waals surface area contributed by atoms with Crippen molar-refractivity contribution in [3.63, 3.8) is 0 Å². The third kappa shape index (κ3) is 4.53. The molecular formula is C11H18F3NO2. The molecule has 17 heavy (non-hydrogen) atoms. The zero-order chi connectivity index (χ0) is 13.1. The first-order valence-electron chi connectivity index (χ1n) is 5.81. The molecule has 100 valence electrons. The van der Waals surface area contributed by atoms with Crippen LogP contribution in [0.2, 0.25) is 0 Å². The maximum Gasteiger partial charge on any atom is 0.401 e. The first kappa shape index (κ1) is 14.3. The highest BCUT2D eigenvalue weighted by Crippen LogP contribution is 2.29. The molecule has 1 N–H and O–H groups in total. The van der Waals surface area contributed by atoms with Gasteiger partial charge in [-0.05, 0) is 19.9 Å². The average molecular weight is 253 g/mol. The summed E-state index contributed by atoms with van der Waals surface area (Å²) in [5.41, 5.74) is 0. The number of carboxylic acids is 1. The van der Waals surface area contributed by atoms with Crippen molar-refractivity contribution in [2.75, 3.05) is 13.6 Å². The summed E-state index contributed by atoms with van der Waals surface area (Å²) in [7, 11) is 1.36. The molecule has 0 aromatic rings. The van der Waals surface area contributed by atoms with Gasteiger partial charge in [0.25, 0.3) is 0 Å². The molecule has 1 aliphatic carbocycles. The minimum atomic E-state index is -4.27. The Labute approximate surface area is 98.6 Å². The molecule has 0 saturated heterocycles. The molecule has 0 radical (unpaired) electrons. The van der Waals surface area contributed by atoms with Crippen molar-refractivity contribution < 1.29 is 23.1 Å². The van der Waals surface area contributed by atoms with Gasteiger partial charge >= 0.3 is 12.1 Å². The van der Waals surface area contributed by atoms with Crippen molar-refractivity contribution in [3.05, 3.63) is 0 Å². The Balaban J connectivity index is 2.71. The van der Waals surface area contributed by atoms with Crippen molar-refractivity contribution >= 4 is 5.97 Å². The van der Waals surface area contributed by atoms with Gasteiger partial charge < -0.3 is 5.11 Å². The van der Waals surface area contributed by atoms with Crippen LogP contribution < -0.4 is 0 Å². The van der Waals surface area contributed by atoms with E-state index in [1.807, 2.05) is 0 Å². The molecule has 0 spiro atoms. The molecule has 1 aliphatic rings. The van der Waals surface area contributed by atoms with Crippen LogP contribution in [0.3, 0.4) is 0 Å². The van der Waals surface area contributed by atoms with Crippen LogP contribution in [0.15, 0.2) is 0 Å². The van der Waals surface area contributed by atoms with Crippen LogP contribution in [0.1, 0.15) is 32.1 Å². The number of aliphatic carboxylic acids is 1. The van der Waals surface area contributed by atoms with Crippen LogP contribution in [-0.4, -0.2) is 41.8 Å². The van der Waals surface area contributed by atoms with E-state index < -0.39 is 30.7 Å². The molecule has 1 rings (SSSR count). The molecule has 1 fully saturated rings. The molecule has 0 aromatic carbocycles. The van der Waals surface area contributed by atoms with Crippen LogP contribution in [0.25, 0.3) is 0 Å². The molecule has 1 saturated carbocycles. The molecule has 0 amide bonds. The lowest BCUT2D eigenvalue weighted by atomic mass is 9.94. The number of alkyl halides is 3. The number of nitrogens with zero attached hydrogens (tertiary/aromatic N) is 1. The molecule has 3 nitrogen and oxygen atoms in total. The van der Waals surface area contributed by atoms with Gasteiger partial charge in [0, 0.05) is 6.04 Å². The summed E-state index contributed by atoms with van der Waals surface area (Å²) >= 11 is 0. The minimum Gasteiger partial charge on any atom is -0.481 e. The van der Waals surface area contributed by atoms with Crippen molar-refractivity contribution in [1.29, 1.82) is 0 Å². The Hall–Kier alpha value is -0.780. The molecule has 6 heteroatoms. The van der Waals surface area contributed by atoms with E-state index in [0.29, 0.717) is 12.8 Å². The van der Waals surface area contributed by atoms with E-state index in [0.717, 1.165) is 24.2 Å². The van der Waals surface area contributed by atoms with Crippen LogP contribution in [0, 0.1) is 5.92 Å². The molecule has 0 heterocycles. The Morgan fingerprint density at radius 2 is 1.88 bits per heavy atom. The predicted molar refractivity (Wildman–Crippen MR) is 56.7 cm³/mol. The van der Waals surface area contributed by atoms with E-state index >= 15 is 0 Å². The van der Waals surface area contributed by atoms with Gasteiger partial charge in [-0.25, -0.2) is 0 Å². The number of halogens is 3. The SMILES string of the molecule is CN(CC(F)(F)F)C1CCCCCC1C(=O)O. The van der Waals surface area contributed by atoms with E-state index in [4.69, 9.17) is 5.11 Å². The van der Waals surface area contributed by atoms with Gasteiger partial charge in [0.15, 0.2) is 0 Å². The summed E-state index contributed by atoms with van der Waals surface area (Å²) in [6.07, 6.45) is -0.778. The maximum absolute atomic E-state index is 12.3. The molecule has 0 aliphatic heterocycles. The third-order valence-corrected chi connectivity index (χ3v) is 3.29. The second-order valence-corrected chi connectivity index (χ2v) is 4.68. The largest absolute Gasteiger partial charge is 0.481 e. The van der Waals surface area contributed by atoms with Crippen LogP contribution >= 0.6 is 0 Å². The van der Waals surface area contributed by atoms with E-state index in [-0.39, 0.29) is 0 Å². The topological polar surface area (TPSA) is 40.5 Å². The highest BCUT2D eigenvalue weighted by molar-refractivity contribution is 5.70. The molecule has 0 aromatic heterocycles. The normalized spacial score (nSPS) is 26.9. The number of hydrogen-bond donors (Lipinski definition) is 1. The summed E-state index contributed by atoms with van der Waals surface area (Å²) < 4.78 is 36.9. The molecule has 0 bridgehead atoms. The maximum atomic E-state index is 12.3. The molecule has 2 unspecified atom stereocenters. The Kier molecular flexibility index (Phi) is 4.80. The zero-order valence-corrected chi connectivity index (χ0v) is 9.83. The van der Waals surface area contributed by atoms with E-state index in [2.05, 4.69) is 0 Å². The van der Waals surface area contributed by atoms with Gasteiger partial charge in [-0.1, -0.05) is 19.3 Å².